The van der Waals surface area contributed by atoms with E-state index in [-0.39, 0.29) is 12.3 Å². The van der Waals surface area contributed by atoms with Gasteiger partial charge in [0.1, 0.15) is 0 Å². The number of aliphatic carboxylic acids is 1. The highest BCUT2D eigenvalue weighted by Crippen LogP contribution is 2.14. The number of thiazole rings is 1. The predicted molar refractivity (Wildman–Crippen MR) is 84.8 cm³/mol. The molecule has 1 aromatic heterocycles. The van der Waals surface area contributed by atoms with E-state index in [0.717, 1.165) is 17.1 Å². The summed E-state index contributed by atoms with van der Waals surface area (Å²) >= 11 is 1.59. The first-order valence-electron chi connectivity index (χ1n) is 7.04. The monoisotopic (exact) mass is 318 g/mol. The number of aromatic nitrogens is 1. The van der Waals surface area contributed by atoms with Crippen molar-refractivity contribution in [2.24, 2.45) is 0 Å². The van der Waals surface area contributed by atoms with Crippen molar-refractivity contribution in [3.63, 3.8) is 0 Å². The van der Waals surface area contributed by atoms with E-state index in [4.69, 9.17) is 0 Å². The SMILES string of the molecule is Cc1nc(CCCC(=O)N[C@H](C(=O)O)c2ccccc2)cs1. The molecule has 0 saturated carbocycles. The minimum atomic E-state index is -1.06. The van der Waals surface area contributed by atoms with E-state index in [1.165, 1.54) is 0 Å². The molecule has 1 atom stereocenters. The van der Waals surface area contributed by atoms with Gasteiger partial charge in [-0.1, -0.05) is 30.3 Å². The quantitative estimate of drug-likeness (QED) is 0.822. The van der Waals surface area contributed by atoms with Gasteiger partial charge in [-0.2, -0.15) is 0 Å². The van der Waals surface area contributed by atoms with Crippen LogP contribution in [-0.2, 0) is 16.0 Å². The summed E-state index contributed by atoms with van der Waals surface area (Å²) in [4.78, 5) is 27.6. The molecule has 0 spiro atoms. The van der Waals surface area contributed by atoms with Gasteiger partial charge in [-0.05, 0) is 25.3 Å². The summed E-state index contributed by atoms with van der Waals surface area (Å²) in [6, 6.07) is 7.69. The molecule has 2 rings (SSSR count). The van der Waals surface area contributed by atoms with Crippen molar-refractivity contribution in [2.45, 2.75) is 32.2 Å². The number of carbonyl (C=O) groups is 2. The molecule has 1 amide bonds. The van der Waals surface area contributed by atoms with Gasteiger partial charge in [-0.25, -0.2) is 9.78 Å². The standard InChI is InChI=1S/C16H18N2O3S/c1-11-17-13(10-22-11)8-5-9-14(19)18-15(16(20)21)12-6-3-2-4-7-12/h2-4,6-7,10,15H,5,8-9H2,1H3,(H,18,19)(H,20,21)/t15-/m0/s1. The van der Waals surface area contributed by atoms with Crippen LogP contribution in [0.4, 0.5) is 0 Å². The van der Waals surface area contributed by atoms with Crippen molar-refractivity contribution in [1.29, 1.82) is 0 Å². The minimum absolute atomic E-state index is 0.261. The van der Waals surface area contributed by atoms with Crippen molar-refractivity contribution in [1.82, 2.24) is 10.3 Å². The van der Waals surface area contributed by atoms with Gasteiger partial charge in [0.05, 0.1) is 10.7 Å². The Morgan fingerprint density at radius 2 is 2.05 bits per heavy atom. The van der Waals surface area contributed by atoms with Gasteiger partial charge < -0.3 is 10.4 Å². The number of benzene rings is 1. The first-order chi connectivity index (χ1) is 10.6. The molecule has 1 heterocycles. The van der Waals surface area contributed by atoms with E-state index in [2.05, 4.69) is 10.3 Å². The van der Waals surface area contributed by atoms with Crippen LogP contribution < -0.4 is 5.32 Å². The Balaban J connectivity index is 1.85. The van der Waals surface area contributed by atoms with E-state index in [1.54, 1.807) is 41.7 Å². The molecule has 22 heavy (non-hydrogen) atoms. The molecule has 0 fully saturated rings. The Morgan fingerprint density at radius 1 is 1.32 bits per heavy atom. The molecule has 0 unspecified atom stereocenters. The second-order valence-corrected chi connectivity index (χ2v) is 6.02. The topological polar surface area (TPSA) is 79.3 Å². The highest BCUT2D eigenvalue weighted by molar-refractivity contribution is 7.09. The van der Waals surface area contributed by atoms with Gasteiger partial charge in [0, 0.05) is 11.8 Å². The maximum absolute atomic E-state index is 11.9. The zero-order valence-corrected chi connectivity index (χ0v) is 13.1. The third-order valence-electron chi connectivity index (χ3n) is 3.19. The number of hydrogen-bond acceptors (Lipinski definition) is 4. The molecule has 0 radical (unpaired) electrons. The molecule has 0 aliphatic heterocycles. The number of nitrogens with zero attached hydrogens (tertiary/aromatic N) is 1. The number of carboxylic acids is 1. The molecule has 0 aliphatic carbocycles. The summed E-state index contributed by atoms with van der Waals surface area (Å²) in [6.45, 7) is 1.94. The summed E-state index contributed by atoms with van der Waals surface area (Å²) in [5, 5.41) is 14.8. The Bertz CT molecular complexity index is 640. The van der Waals surface area contributed by atoms with E-state index in [0.29, 0.717) is 12.0 Å². The van der Waals surface area contributed by atoms with Gasteiger partial charge in [-0.15, -0.1) is 11.3 Å². The number of amides is 1. The van der Waals surface area contributed by atoms with Gasteiger partial charge in [0.2, 0.25) is 5.91 Å². The smallest absolute Gasteiger partial charge is 0.330 e. The molecule has 0 aliphatic rings. The third-order valence-corrected chi connectivity index (χ3v) is 4.01. The molecule has 0 saturated heterocycles. The Kier molecular flexibility index (Phi) is 5.66. The first-order valence-corrected chi connectivity index (χ1v) is 7.92. The predicted octanol–water partition coefficient (Wildman–Crippen LogP) is 2.72. The second kappa shape index (κ2) is 7.70. The van der Waals surface area contributed by atoms with Crippen LogP contribution in [0.1, 0.15) is 35.1 Å². The maximum atomic E-state index is 11.9. The fraction of sp³-hybridized carbons (Fsp3) is 0.312. The van der Waals surface area contributed by atoms with Crippen molar-refractivity contribution in [3.8, 4) is 0 Å². The van der Waals surface area contributed by atoms with Gasteiger partial charge in [0.15, 0.2) is 6.04 Å². The van der Waals surface area contributed by atoms with Crippen LogP contribution in [0.5, 0.6) is 0 Å². The molecule has 116 valence electrons. The number of hydrogen-bond donors (Lipinski definition) is 2. The highest BCUT2D eigenvalue weighted by Gasteiger charge is 2.21. The van der Waals surface area contributed by atoms with E-state index < -0.39 is 12.0 Å². The fourth-order valence-electron chi connectivity index (χ4n) is 2.12. The molecular weight excluding hydrogens is 300 g/mol. The van der Waals surface area contributed by atoms with Crippen molar-refractivity contribution in [3.05, 3.63) is 52.0 Å². The number of aryl methyl sites for hydroxylation is 2. The average Bonchev–Trinajstić information content (AvgIpc) is 2.91. The summed E-state index contributed by atoms with van der Waals surface area (Å²) < 4.78 is 0. The lowest BCUT2D eigenvalue weighted by atomic mass is 10.1. The molecule has 2 aromatic rings. The van der Waals surface area contributed by atoms with Crippen LogP contribution in [0.15, 0.2) is 35.7 Å². The molecule has 2 N–H and O–H groups in total. The van der Waals surface area contributed by atoms with Gasteiger partial charge >= 0.3 is 5.97 Å². The maximum Gasteiger partial charge on any atom is 0.330 e. The lowest BCUT2D eigenvalue weighted by molar-refractivity contribution is -0.142. The zero-order chi connectivity index (χ0) is 15.9. The lowest BCUT2D eigenvalue weighted by Crippen LogP contribution is -2.33. The Hall–Kier alpha value is -2.21. The summed E-state index contributed by atoms with van der Waals surface area (Å²) in [5.41, 5.74) is 1.55. The van der Waals surface area contributed by atoms with Gasteiger partial charge in [0.25, 0.3) is 0 Å². The normalized spacial score (nSPS) is 11.9. The summed E-state index contributed by atoms with van der Waals surface area (Å²) in [7, 11) is 0. The molecule has 0 bridgehead atoms. The van der Waals surface area contributed by atoms with Crippen LogP contribution in [0, 0.1) is 6.92 Å². The summed E-state index contributed by atoms with van der Waals surface area (Å²) in [5.74, 6) is -1.32. The number of carbonyl (C=O) groups excluding carboxylic acids is 1. The largest absolute Gasteiger partial charge is 0.479 e. The van der Waals surface area contributed by atoms with Crippen molar-refractivity contribution >= 4 is 23.2 Å². The van der Waals surface area contributed by atoms with Crippen LogP contribution in [0.3, 0.4) is 0 Å². The molecule has 1 aromatic carbocycles. The van der Waals surface area contributed by atoms with Crippen LogP contribution in [0.25, 0.3) is 0 Å². The first kappa shape index (κ1) is 16.2. The number of carboxylic acid groups (broad SMARTS) is 1. The Morgan fingerprint density at radius 3 is 2.64 bits per heavy atom. The van der Waals surface area contributed by atoms with Crippen LogP contribution in [0.2, 0.25) is 0 Å². The van der Waals surface area contributed by atoms with Crippen molar-refractivity contribution < 1.29 is 14.7 Å². The lowest BCUT2D eigenvalue weighted by Gasteiger charge is -2.14. The van der Waals surface area contributed by atoms with Crippen molar-refractivity contribution in [2.75, 3.05) is 0 Å². The van der Waals surface area contributed by atoms with Crippen LogP contribution >= 0.6 is 11.3 Å². The van der Waals surface area contributed by atoms with E-state index in [9.17, 15) is 14.7 Å². The highest BCUT2D eigenvalue weighted by atomic mass is 32.1. The molecular formula is C16H18N2O3S. The average molecular weight is 318 g/mol. The number of nitrogens with one attached hydrogen (secondary N) is 1. The van der Waals surface area contributed by atoms with E-state index >= 15 is 0 Å². The minimum Gasteiger partial charge on any atom is -0.479 e. The molecule has 6 heteroatoms. The Labute approximate surface area is 133 Å². The third kappa shape index (κ3) is 4.66. The fourth-order valence-corrected chi connectivity index (χ4v) is 2.77. The summed E-state index contributed by atoms with van der Waals surface area (Å²) in [6.07, 6.45) is 1.66. The van der Waals surface area contributed by atoms with E-state index in [1.807, 2.05) is 12.3 Å². The number of rotatable bonds is 7. The van der Waals surface area contributed by atoms with Crippen LogP contribution in [-0.4, -0.2) is 22.0 Å². The van der Waals surface area contributed by atoms with Gasteiger partial charge in [-0.3, -0.25) is 4.79 Å². The second-order valence-electron chi connectivity index (χ2n) is 4.96. The zero-order valence-electron chi connectivity index (χ0n) is 12.3. The molecule has 5 nitrogen and oxygen atoms in total.